The fourth-order valence-electron chi connectivity index (χ4n) is 3.87. The van der Waals surface area contributed by atoms with Gasteiger partial charge in [-0.1, -0.05) is 6.07 Å². The predicted molar refractivity (Wildman–Crippen MR) is 97.6 cm³/mol. The van der Waals surface area contributed by atoms with Crippen LogP contribution >= 0.6 is 0 Å². The molecule has 7 heteroatoms. The topological polar surface area (TPSA) is 78.9 Å². The highest BCUT2D eigenvalue weighted by molar-refractivity contribution is 5.78. The van der Waals surface area contributed by atoms with Gasteiger partial charge in [0.1, 0.15) is 0 Å². The summed E-state index contributed by atoms with van der Waals surface area (Å²) in [5, 5.41) is 12.6. The van der Waals surface area contributed by atoms with Crippen molar-refractivity contribution < 1.29 is 23.8 Å². The average molecular weight is 378 g/mol. The van der Waals surface area contributed by atoms with E-state index in [1.165, 1.54) is 13.2 Å². The summed E-state index contributed by atoms with van der Waals surface area (Å²) in [6.45, 7) is 1.37. The third-order valence-corrected chi connectivity index (χ3v) is 5.48. The van der Waals surface area contributed by atoms with E-state index in [0.29, 0.717) is 44.2 Å². The Morgan fingerprint density at radius 1 is 1.44 bits per heavy atom. The number of hydrogen-bond acceptors (Lipinski definition) is 4. The normalized spacial score (nSPS) is 23.1. The number of carbonyl (C=O) groups excluding carboxylic acids is 2. The first kappa shape index (κ1) is 19.6. The van der Waals surface area contributed by atoms with Crippen molar-refractivity contribution in [3.63, 3.8) is 0 Å². The summed E-state index contributed by atoms with van der Waals surface area (Å²) in [5.74, 6) is -0.193. The Morgan fingerprint density at radius 3 is 2.81 bits per heavy atom. The Balaban J connectivity index is 1.59. The fourth-order valence-corrected chi connectivity index (χ4v) is 3.87. The highest BCUT2D eigenvalue weighted by Crippen LogP contribution is 2.39. The maximum atomic E-state index is 14.1. The van der Waals surface area contributed by atoms with Crippen LogP contribution in [0.1, 0.15) is 50.1 Å². The number of benzene rings is 1. The summed E-state index contributed by atoms with van der Waals surface area (Å²) in [4.78, 5) is 25.8. The summed E-state index contributed by atoms with van der Waals surface area (Å²) in [7, 11) is 1.41. The number of halogens is 1. The Hall–Kier alpha value is -2.15. The molecule has 2 amide bonds. The smallest absolute Gasteiger partial charge is 0.222 e. The largest absolute Gasteiger partial charge is 0.494 e. The Kier molecular flexibility index (Phi) is 6.31. The second kappa shape index (κ2) is 8.69. The first-order valence-corrected chi connectivity index (χ1v) is 9.56. The number of hydrogen-bond donors (Lipinski definition) is 2. The molecule has 148 valence electrons. The molecule has 1 atom stereocenters. The molecule has 0 bridgehead atoms. The molecule has 1 saturated carbocycles. The molecule has 0 aromatic heterocycles. The van der Waals surface area contributed by atoms with Crippen molar-refractivity contribution in [2.75, 3.05) is 20.2 Å². The molecule has 3 rings (SSSR count). The number of nitrogens with one attached hydrogen (secondary N) is 1. The van der Waals surface area contributed by atoms with Crippen molar-refractivity contribution in [3.8, 4) is 5.75 Å². The van der Waals surface area contributed by atoms with E-state index in [4.69, 9.17) is 4.74 Å². The van der Waals surface area contributed by atoms with Crippen molar-refractivity contribution in [1.82, 2.24) is 10.2 Å². The standard InChI is InChI=1S/C20H27FN2O4/c1-27-17-7-6-13(12-16(17)21)20(14-10-15(24)11-14)22-18(25)4-2-8-23-9-3-5-19(23)26/h6-7,12,14-15,20,24H,2-5,8-11H2,1H3,(H,22,25)/t14?,15?,20-/m1/s1. The maximum Gasteiger partial charge on any atom is 0.222 e. The molecule has 1 aromatic rings. The van der Waals surface area contributed by atoms with Crippen LogP contribution in [0.25, 0.3) is 0 Å². The molecular weight excluding hydrogens is 351 g/mol. The zero-order chi connectivity index (χ0) is 19.4. The lowest BCUT2D eigenvalue weighted by Crippen LogP contribution is -2.41. The van der Waals surface area contributed by atoms with Gasteiger partial charge in [0.25, 0.3) is 0 Å². The lowest BCUT2D eigenvalue weighted by atomic mass is 9.75. The van der Waals surface area contributed by atoms with Gasteiger partial charge in [0.05, 0.1) is 19.3 Å². The summed E-state index contributed by atoms with van der Waals surface area (Å²) < 4.78 is 19.1. The Morgan fingerprint density at radius 2 is 2.22 bits per heavy atom. The van der Waals surface area contributed by atoms with Crippen molar-refractivity contribution in [2.45, 2.75) is 50.7 Å². The number of methoxy groups -OCH3 is 1. The van der Waals surface area contributed by atoms with Gasteiger partial charge >= 0.3 is 0 Å². The number of likely N-dealkylation sites (tertiary alicyclic amines) is 1. The molecule has 1 aliphatic heterocycles. The molecule has 0 unspecified atom stereocenters. The van der Waals surface area contributed by atoms with E-state index in [0.717, 1.165) is 13.0 Å². The summed E-state index contributed by atoms with van der Waals surface area (Å²) in [6, 6.07) is 4.35. The van der Waals surface area contributed by atoms with Crippen LogP contribution in [0.3, 0.4) is 0 Å². The van der Waals surface area contributed by atoms with Gasteiger partial charge in [-0.2, -0.15) is 0 Å². The number of nitrogens with zero attached hydrogens (tertiary/aromatic N) is 1. The van der Waals surface area contributed by atoms with Gasteiger partial charge in [0.2, 0.25) is 11.8 Å². The summed E-state index contributed by atoms with van der Waals surface area (Å²) >= 11 is 0. The summed E-state index contributed by atoms with van der Waals surface area (Å²) in [6.07, 6.45) is 3.21. The molecule has 1 aromatic carbocycles. The Bertz CT molecular complexity index is 691. The number of ether oxygens (including phenoxy) is 1. The molecule has 1 aliphatic carbocycles. The van der Waals surface area contributed by atoms with Crippen LogP contribution in [0.5, 0.6) is 5.75 Å². The van der Waals surface area contributed by atoms with Crippen LogP contribution < -0.4 is 10.1 Å². The monoisotopic (exact) mass is 378 g/mol. The van der Waals surface area contributed by atoms with Crippen molar-refractivity contribution in [1.29, 1.82) is 0 Å². The van der Waals surface area contributed by atoms with Gasteiger partial charge in [-0.15, -0.1) is 0 Å². The van der Waals surface area contributed by atoms with E-state index in [1.54, 1.807) is 17.0 Å². The highest BCUT2D eigenvalue weighted by Gasteiger charge is 2.36. The molecule has 0 radical (unpaired) electrons. The molecule has 1 heterocycles. The number of amides is 2. The third kappa shape index (κ3) is 4.77. The predicted octanol–water partition coefficient (Wildman–Crippen LogP) is 2.17. The van der Waals surface area contributed by atoms with Gasteiger partial charge in [-0.3, -0.25) is 9.59 Å². The average Bonchev–Trinajstić information content (AvgIpc) is 3.02. The van der Waals surface area contributed by atoms with E-state index >= 15 is 0 Å². The fraction of sp³-hybridized carbons (Fsp3) is 0.600. The molecule has 2 fully saturated rings. The van der Waals surface area contributed by atoms with Gasteiger partial charge in [0, 0.05) is 25.9 Å². The van der Waals surface area contributed by atoms with Gasteiger partial charge in [-0.25, -0.2) is 4.39 Å². The molecular formula is C20H27FN2O4. The maximum absolute atomic E-state index is 14.1. The van der Waals surface area contributed by atoms with Crippen LogP contribution in [-0.4, -0.2) is 48.1 Å². The quantitative estimate of drug-likeness (QED) is 0.727. The van der Waals surface area contributed by atoms with Gasteiger partial charge in [-0.05, 0) is 49.3 Å². The summed E-state index contributed by atoms with van der Waals surface area (Å²) in [5.41, 5.74) is 0.674. The lowest BCUT2D eigenvalue weighted by Gasteiger charge is -2.38. The van der Waals surface area contributed by atoms with E-state index in [-0.39, 0.29) is 35.6 Å². The number of aliphatic hydroxyl groups excluding tert-OH is 1. The van der Waals surface area contributed by atoms with Gasteiger partial charge < -0.3 is 20.1 Å². The second-order valence-corrected chi connectivity index (χ2v) is 7.41. The van der Waals surface area contributed by atoms with Crippen LogP contribution in [0.4, 0.5) is 4.39 Å². The minimum absolute atomic E-state index is 0.0805. The molecule has 27 heavy (non-hydrogen) atoms. The van der Waals surface area contributed by atoms with Crippen LogP contribution in [0, 0.1) is 11.7 Å². The van der Waals surface area contributed by atoms with Crippen molar-refractivity contribution >= 4 is 11.8 Å². The van der Waals surface area contributed by atoms with Crippen LogP contribution in [-0.2, 0) is 9.59 Å². The molecule has 2 N–H and O–H groups in total. The Labute approximate surface area is 158 Å². The number of carbonyl (C=O) groups is 2. The zero-order valence-electron chi connectivity index (χ0n) is 15.6. The minimum atomic E-state index is -0.471. The van der Waals surface area contributed by atoms with Crippen LogP contribution in [0.2, 0.25) is 0 Å². The van der Waals surface area contributed by atoms with E-state index in [1.807, 2.05) is 0 Å². The van der Waals surface area contributed by atoms with Gasteiger partial charge in [0.15, 0.2) is 11.6 Å². The highest BCUT2D eigenvalue weighted by atomic mass is 19.1. The number of aliphatic hydroxyl groups is 1. The number of rotatable bonds is 8. The van der Waals surface area contributed by atoms with Crippen LogP contribution in [0.15, 0.2) is 18.2 Å². The molecule has 1 saturated heterocycles. The van der Waals surface area contributed by atoms with E-state index in [2.05, 4.69) is 5.32 Å². The first-order chi connectivity index (χ1) is 13.0. The second-order valence-electron chi connectivity index (χ2n) is 7.41. The first-order valence-electron chi connectivity index (χ1n) is 9.56. The SMILES string of the molecule is COc1ccc([C@@H](NC(=O)CCCN2CCCC2=O)C2CC(O)C2)cc1F. The third-order valence-electron chi connectivity index (χ3n) is 5.48. The van der Waals surface area contributed by atoms with Crippen molar-refractivity contribution in [2.24, 2.45) is 5.92 Å². The molecule has 0 spiro atoms. The minimum Gasteiger partial charge on any atom is -0.494 e. The lowest BCUT2D eigenvalue weighted by molar-refractivity contribution is -0.128. The van der Waals surface area contributed by atoms with E-state index < -0.39 is 5.82 Å². The molecule has 2 aliphatic rings. The zero-order valence-corrected chi connectivity index (χ0v) is 15.6. The van der Waals surface area contributed by atoms with E-state index in [9.17, 15) is 19.1 Å². The van der Waals surface area contributed by atoms with Crippen molar-refractivity contribution in [3.05, 3.63) is 29.6 Å². The molecule has 6 nitrogen and oxygen atoms in total.